The lowest BCUT2D eigenvalue weighted by Gasteiger charge is -2.31. The van der Waals surface area contributed by atoms with Gasteiger partial charge in [0.25, 0.3) is 11.7 Å². The molecule has 0 saturated carbocycles. The number of carbonyl (C=O) groups is 2. The van der Waals surface area contributed by atoms with E-state index in [1.807, 2.05) is 44.2 Å². The van der Waals surface area contributed by atoms with Crippen molar-refractivity contribution in [1.29, 1.82) is 0 Å². The molecular formula is C29H36N2O4. The Kier molecular flexibility index (Phi) is 7.15. The molecule has 2 aliphatic heterocycles. The van der Waals surface area contributed by atoms with E-state index in [1.165, 1.54) is 5.56 Å². The van der Waals surface area contributed by atoms with E-state index >= 15 is 0 Å². The van der Waals surface area contributed by atoms with Crippen LogP contribution < -0.4 is 0 Å². The molecule has 0 bridgehead atoms. The van der Waals surface area contributed by atoms with Gasteiger partial charge < -0.3 is 14.7 Å². The topological polar surface area (TPSA) is 70.1 Å². The number of aryl methyl sites for hydroxylation is 2. The number of amides is 1. The summed E-state index contributed by atoms with van der Waals surface area (Å²) in [5.74, 6) is -1.30. The van der Waals surface area contributed by atoms with E-state index in [1.54, 1.807) is 4.90 Å². The Hall–Kier alpha value is -2.96. The Bertz CT molecular complexity index is 1140. The standard InChI is InChI=1S/C29H36N2O4/c1-19-6-7-20(2)23(18-19)26(32)24-25(21-8-10-22(11-9-21)29(3,4)5)31(28(34)27(24)33)13-12-30-14-16-35-17-15-30/h6-11,18,25,32H,12-17H2,1-5H3. The number of carbonyl (C=O) groups excluding carboxylic acids is 2. The van der Waals surface area contributed by atoms with Crippen LogP contribution in [0.4, 0.5) is 0 Å². The van der Waals surface area contributed by atoms with Crippen molar-refractivity contribution in [3.05, 3.63) is 75.9 Å². The maximum Gasteiger partial charge on any atom is 0.295 e. The van der Waals surface area contributed by atoms with E-state index in [2.05, 4.69) is 37.8 Å². The minimum atomic E-state index is -0.634. The van der Waals surface area contributed by atoms with E-state index in [0.29, 0.717) is 31.9 Å². The van der Waals surface area contributed by atoms with Crippen LogP contribution in [0.2, 0.25) is 0 Å². The molecule has 2 saturated heterocycles. The van der Waals surface area contributed by atoms with Crippen molar-refractivity contribution in [2.45, 2.75) is 46.1 Å². The molecule has 1 unspecified atom stereocenters. The zero-order valence-corrected chi connectivity index (χ0v) is 21.4. The molecule has 0 aromatic heterocycles. The van der Waals surface area contributed by atoms with E-state index in [0.717, 1.165) is 29.8 Å². The highest BCUT2D eigenvalue weighted by molar-refractivity contribution is 6.46. The predicted octanol–water partition coefficient (Wildman–Crippen LogP) is 4.35. The summed E-state index contributed by atoms with van der Waals surface area (Å²) in [5, 5.41) is 11.4. The predicted molar refractivity (Wildman–Crippen MR) is 137 cm³/mol. The Balaban J connectivity index is 1.78. The number of rotatable bonds is 5. The molecule has 2 aliphatic rings. The van der Waals surface area contributed by atoms with Crippen LogP contribution in [0, 0.1) is 13.8 Å². The molecule has 2 fully saturated rings. The second-order valence-corrected chi connectivity index (χ2v) is 10.6. The quantitative estimate of drug-likeness (QED) is 0.395. The molecule has 186 valence electrons. The van der Waals surface area contributed by atoms with Crippen molar-refractivity contribution in [3.8, 4) is 0 Å². The van der Waals surface area contributed by atoms with E-state index < -0.39 is 17.7 Å². The third-order valence-corrected chi connectivity index (χ3v) is 7.04. The number of nitrogens with zero attached hydrogens (tertiary/aromatic N) is 2. The van der Waals surface area contributed by atoms with Gasteiger partial charge in [0.2, 0.25) is 0 Å². The smallest absolute Gasteiger partial charge is 0.295 e. The number of ether oxygens (including phenoxy) is 1. The van der Waals surface area contributed by atoms with Crippen molar-refractivity contribution in [2.75, 3.05) is 39.4 Å². The van der Waals surface area contributed by atoms with Gasteiger partial charge in [-0.05, 0) is 42.0 Å². The SMILES string of the molecule is Cc1ccc(C)c(C(O)=C2C(=O)C(=O)N(CCN3CCOCC3)C2c2ccc(C(C)(C)C)cc2)c1. The number of morpholine rings is 1. The second kappa shape index (κ2) is 9.96. The zero-order valence-electron chi connectivity index (χ0n) is 21.4. The minimum absolute atomic E-state index is 0.0185. The lowest BCUT2D eigenvalue weighted by molar-refractivity contribution is -0.140. The first kappa shape index (κ1) is 25.1. The van der Waals surface area contributed by atoms with Crippen LogP contribution in [0.3, 0.4) is 0 Å². The normalized spacial score (nSPS) is 21.1. The maximum absolute atomic E-state index is 13.3. The number of Topliss-reactive ketones (excluding diaryl/α,β-unsaturated/α-hetero) is 1. The molecule has 2 heterocycles. The second-order valence-electron chi connectivity index (χ2n) is 10.6. The summed E-state index contributed by atoms with van der Waals surface area (Å²) in [4.78, 5) is 30.5. The van der Waals surface area contributed by atoms with Crippen LogP contribution in [0.1, 0.15) is 54.6 Å². The largest absolute Gasteiger partial charge is 0.507 e. The molecule has 0 spiro atoms. The Morgan fingerprint density at radius 3 is 2.29 bits per heavy atom. The summed E-state index contributed by atoms with van der Waals surface area (Å²) in [6.45, 7) is 14.3. The number of ketones is 1. The molecule has 6 nitrogen and oxygen atoms in total. The van der Waals surface area contributed by atoms with Crippen molar-refractivity contribution >= 4 is 17.4 Å². The lowest BCUT2D eigenvalue weighted by Crippen LogP contribution is -2.42. The average molecular weight is 477 g/mol. The van der Waals surface area contributed by atoms with Gasteiger partial charge in [-0.3, -0.25) is 14.5 Å². The minimum Gasteiger partial charge on any atom is -0.507 e. The summed E-state index contributed by atoms with van der Waals surface area (Å²) in [6, 6.07) is 13.2. The van der Waals surface area contributed by atoms with Crippen molar-refractivity contribution in [3.63, 3.8) is 0 Å². The first-order chi connectivity index (χ1) is 16.6. The highest BCUT2D eigenvalue weighted by Crippen LogP contribution is 2.40. The number of hydrogen-bond acceptors (Lipinski definition) is 5. The third-order valence-electron chi connectivity index (χ3n) is 7.04. The molecule has 1 atom stereocenters. The van der Waals surface area contributed by atoms with Gasteiger partial charge in [-0.2, -0.15) is 0 Å². The molecule has 2 aromatic rings. The van der Waals surface area contributed by atoms with Gasteiger partial charge in [-0.1, -0.05) is 62.7 Å². The highest BCUT2D eigenvalue weighted by Gasteiger charge is 2.46. The molecule has 2 aromatic carbocycles. The summed E-state index contributed by atoms with van der Waals surface area (Å²) < 4.78 is 5.44. The Morgan fingerprint density at radius 2 is 1.66 bits per heavy atom. The van der Waals surface area contributed by atoms with E-state index in [4.69, 9.17) is 4.74 Å². The molecular weight excluding hydrogens is 440 g/mol. The highest BCUT2D eigenvalue weighted by atomic mass is 16.5. The van der Waals surface area contributed by atoms with Gasteiger partial charge in [0.15, 0.2) is 0 Å². The van der Waals surface area contributed by atoms with Gasteiger partial charge in [0.1, 0.15) is 5.76 Å². The number of hydrogen-bond donors (Lipinski definition) is 1. The fraction of sp³-hybridized carbons (Fsp3) is 0.448. The lowest BCUT2D eigenvalue weighted by atomic mass is 9.85. The molecule has 4 rings (SSSR count). The average Bonchev–Trinajstić information content (AvgIpc) is 3.09. The van der Waals surface area contributed by atoms with Crippen LogP contribution in [0.25, 0.3) is 5.76 Å². The van der Waals surface area contributed by atoms with Crippen LogP contribution in [0.5, 0.6) is 0 Å². The fourth-order valence-corrected chi connectivity index (χ4v) is 4.83. The Morgan fingerprint density at radius 1 is 1.00 bits per heavy atom. The molecule has 0 radical (unpaired) electrons. The first-order valence-corrected chi connectivity index (χ1v) is 12.3. The van der Waals surface area contributed by atoms with Gasteiger partial charge in [0, 0.05) is 31.7 Å². The van der Waals surface area contributed by atoms with Crippen molar-refractivity contribution in [2.24, 2.45) is 0 Å². The molecule has 1 amide bonds. The van der Waals surface area contributed by atoms with E-state index in [9.17, 15) is 14.7 Å². The number of aliphatic hydroxyl groups excluding tert-OH is 1. The first-order valence-electron chi connectivity index (χ1n) is 12.3. The van der Waals surface area contributed by atoms with Crippen LogP contribution in [0.15, 0.2) is 48.0 Å². The third kappa shape index (κ3) is 5.19. The van der Waals surface area contributed by atoms with Gasteiger partial charge >= 0.3 is 0 Å². The number of likely N-dealkylation sites (tertiary alicyclic amines) is 1. The van der Waals surface area contributed by atoms with Gasteiger partial charge in [-0.15, -0.1) is 0 Å². The fourth-order valence-electron chi connectivity index (χ4n) is 4.83. The molecule has 1 N–H and O–H groups in total. The maximum atomic E-state index is 13.3. The number of benzene rings is 2. The number of aliphatic hydroxyl groups is 1. The molecule has 35 heavy (non-hydrogen) atoms. The summed E-state index contributed by atoms with van der Waals surface area (Å²) in [5.41, 5.74) is 4.56. The van der Waals surface area contributed by atoms with Crippen molar-refractivity contribution < 1.29 is 19.4 Å². The van der Waals surface area contributed by atoms with Crippen LogP contribution >= 0.6 is 0 Å². The van der Waals surface area contributed by atoms with Gasteiger partial charge in [-0.25, -0.2) is 0 Å². The summed E-state index contributed by atoms with van der Waals surface area (Å²) >= 11 is 0. The molecule has 0 aliphatic carbocycles. The summed E-state index contributed by atoms with van der Waals surface area (Å²) in [7, 11) is 0. The van der Waals surface area contributed by atoms with Crippen LogP contribution in [-0.4, -0.2) is 66.0 Å². The zero-order chi connectivity index (χ0) is 25.3. The Labute approximate surface area is 208 Å². The van der Waals surface area contributed by atoms with E-state index in [-0.39, 0.29) is 16.7 Å². The monoisotopic (exact) mass is 476 g/mol. The van der Waals surface area contributed by atoms with Crippen LogP contribution in [-0.2, 0) is 19.7 Å². The van der Waals surface area contributed by atoms with Crippen molar-refractivity contribution in [1.82, 2.24) is 9.80 Å². The van der Waals surface area contributed by atoms with Gasteiger partial charge in [0.05, 0.1) is 24.8 Å². The summed E-state index contributed by atoms with van der Waals surface area (Å²) in [6.07, 6.45) is 0. The molecule has 6 heteroatoms.